The third kappa shape index (κ3) is 9.25. The summed E-state index contributed by atoms with van der Waals surface area (Å²) < 4.78 is 59.9. The molecule has 4 atom stereocenters. The maximum atomic E-state index is 15.7. The number of halogens is 2. The van der Waals surface area contributed by atoms with E-state index < -0.39 is 66.7 Å². The summed E-state index contributed by atoms with van der Waals surface area (Å²) in [6, 6.07) is 1.73. The quantitative estimate of drug-likeness (QED) is 0.0714. The number of aliphatic imine (C=N–C) groups is 1. The highest BCUT2D eigenvalue weighted by molar-refractivity contribution is 14.1. The number of nitrogens with zero attached hydrogens (tertiary/aromatic N) is 2. The summed E-state index contributed by atoms with van der Waals surface area (Å²) in [6.07, 6.45) is 0.506. The minimum Gasteiger partial charge on any atom is -0.459 e. The first kappa shape index (κ1) is 38.0. The lowest BCUT2D eigenvalue weighted by molar-refractivity contribution is -0.153. The van der Waals surface area contributed by atoms with Gasteiger partial charge in [0.1, 0.15) is 30.0 Å². The number of esters is 1. The molecule has 1 fully saturated rings. The van der Waals surface area contributed by atoms with Gasteiger partial charge in [0.25, 0.3) is 5.56 Å². The molecule has 5 N–H and O–H groups in total. The van der Waals surface area contributed by atoms with Crippen LogP contribution in [0.5, 0.6) is 5.75 Å². The number of nitrogens with one attached hydrogen (secondary N) is 1. The van der Waals surface area contributed by atoms with Gasteiger partial charge in [0.05, 0.1) is 22.3 Å². The number of ether oxygens (including phenoxy) is 2. The van der Waals surface area contributed by atoms with Crippen LogP contribution in [0.1, 0.15) is 96.6 Å². The van der Waals surface area contributed by atoms with Crippen molar-refractivity contribution >= 4 is 42.3 Å². The largest absolute Gasteiger partial charge is 0.530 e. The second kappa shape index (κ2) is 15.0. The molecule has 2 aliphatic rings. The van der Waals surface area contributed by atoms with Crippen LogP contribution in [0.2, 0.25) is 0 Å². The summed E-state index contributed by atoms with van der Waals surface area (Å²) in [7, 11) is -4.32. The van der Waals surface area contributed by atoms with Gasteiger partial charge in [-0.3, -0.25) is 33.2 Å². The predicted octanol–water partition coefficient (Wildman–Crippen LogP) is 4.64. The molecule has 0 aliphatic carbocycles. The number of hydrogen-bond acceptors (Lipinski definition) is 10. The number of carbonyl (C=O) groups excluding carboxylic acids is 1. The van der Waals surface area contributed by atoms with Crippen molar-refractivity contribution in [3.05, 3.63) is 59.2 Å². The fourth-order valence-corrected chi connectivity index (χ4v) is 7.02. The summed E-state index contributed by atoms with van der Waals surface area (Å²) in [6.45, 7) is 11.2. The number of carbonyl (C=O) groups is 1. The normalized spacial score (nSPS) is 22.5. The van der Waals surface area contributed by atoms with Gasteiger partial charge >= 0.3 is 19.5 Å². The SMILES string of the molecule is CC(C)(C)c1cc(C(C)(C)C)c2c(c1F)COP(=O)(OC[C@H]1O[C@@H](n3cc(I)c(=O)[nH]c3=O)C[C@@H]1OC(=O)CCCCCN=C(N)N)O2. The average molecular weight is 808 g/mol. The van der Waals surface area contributed by atoms with Gasteiger partial charge in [-0.1, -0.05) is 48.0 Å². The Kier molecular flexibility index (Phi) is 11.9. The Hall–Kier alpha value is -2.79. The molecule has 0 saturated carbocycles. The van der Waals surface area contributed by atoms with Crippen LogP contribution in [0.4, 0.5) is 4.39 Å². The number of nitrogens with two attached hydrogens (primary N) is 2. The second-order valence-corrected chi connectivity index (χ2v) is 16.6. The number of guanidine groups is 1. The molecular weight excluding hydrogens is 763 g/mol. The van der Waals surface area contributed by atoms with E-state index in [4.69, 9.17) is 34.5 Å². The molecular formula is C31H44FIN5O9P. The summed E-state index contributed by atoms with van der Waals surface area (Å²) in [5.41, 5.74) is 9.65. The van der Waals surface area contributed by atoms with Crippen molar-refractivity contribution < 1.29 is 36.8 Å². The van der Waals surface area contributed by atoms with Gasteiger partial charge < -0.3 is 25.5 Å². The van der Waals surface area contributed by atoms with Crippen LogP contribution < -0.4 is 27.2 Å². The van der Waals surface area contributed by atoms with Gasteiger partial charge in [-0.05, 0) is 57.9 Å². The number of rotatable bonds is 11. The Bertz CT molecular complexity index is 1710. The maximum Gasteiger partial charge on any atom is 0.530 e. The molecule has 0 spiro atoms. The van der Waals surface area contributed by atoms with E-state index in [1.807, 2.05) is 41.5 Å². The molecule has 1 saturated heterocycles. The first-order valence-corrected chi connectivity index (χ1v) is 18.2. The predicted molar refractivity (Wildman–Crippen MR) is 184 cm³/mol. The van der Waals surface area contributed by atoms with Crippen molar-refractivity contribution in [1.82, 2.24) is 9.55 Å². The van der Waals surface area contributed by atoms with Gasteiger partial charge in [0.2, 0.25) is 0 Å². The Morgan fingerprint density at radius 2 is 1.83 bits per heavy atom. The molecule has 0 radical (unpaired) electrons. The van der Waals surface area contributed by atoms with Crippen LogP contribution >= 0.6 is 30.4 Å². The molecule has 1 aromatic heterocycles. The lowest BCUT2D eigenvalue weighted by Crippen LogP contribution is -2.33. The van der Waals surface area contributed by atoms with Crippen molar-refractivity contribution in [3.63, 3.8) is 0 Å². The number of hydrogen-bond donors (Lipinski definition) is 3. The fraction of sp³-hybridized carbons (Fsp3) is 0.613. The van der Waals surface area contributed by atoms with Crippen LogP contribution in [-0.4, -0.2) is 46.8 Å². The first-order chi connectivity index (χ1) is 22.3. The van der Waals surface area contributed by atoms with Gasteiger partial charge in [0.15, 0.2) is 5.96 Å². The van der Waals surface area contributed by atoms with Crippen molar-refractivity contribution in [2.75, 3.05) is 13.2 Å². The smallest absolute Gasteiger partial charge is 0.459 e. The van der Waals surface area contributed by atoms with E-state index in [1.165, 1.54) is 10.8 Å². The topological polar surface area (TPSA) is 200 Å². The summed E-state index contributed by atoms with van der Waals surface area (Å²) >= 11 is 1.79. The number of phosphoric ester groups is 1. The summed E-state index contributed by atoms with van der Waals surface area (Å²) in [4.78, 5) is 43.5. The molecule has 266 valence electrons. The van der Waals surface area contributed by atoms with E-state index >= 15 is 4.39 Å². The molecule has 1 unspecified atom stereocenters. The van der Waals surface area contributed by atoms with Crippen molar-refractivity contribution in [1.29, 1.82) is 0 Å². The number of aromatic nitrogens is 2. The van der Waals surface area contributed by atoms with Gasteiger partial charge in [-0.15, -0.1) is 0 Å². The zero-order valence-corrected chi connectivity index (χ0v) is 31.0. The molecule has 0 amide bonds. The third-order valence-electron chi connectivity index (χ3n) is 7.92. The van der Waals surface area contributed by atoms with Crippen LogP contribution in [0.3, 0.4) is 0 Å². The van der Waals surface area contributed by atoms with E-state index in [9.17, 15) is 18.9 Å². The number of benzene rings is 1. The van der Waals surface area contributed by atoms with Gasteiger partial charge in [-0.25, -0.2) is 13.8 Å². The fourth-order valence-electron chi connectivity index (χ4n) is 5.36. The van der Waals surface area contributed by atoms with E-state index in [0.29, 0.717) is 36.9 Å². The molecule has 17 heteroatoms. The van der Waals surface area contributed by atoms with Crippen molar-refractivity contribution in [3.8, 4) is 5.75 Å². The zero-order valence-electron chi connectivity index (χ0n) is 28.0. The molecule has 3 heterocycles. The van der Waals surface area contributed by atoms with Crippen molar-refractivity contribution in [2.24, 2.45) is 16.5 Å². The van der Waals surface area contributed by atoms with E-state index in [0.717, 1.165) is 0 Å². The van der Waals surface area contributed by atoms with Crippen LogP contribution in [-0.2, 0) is 45.3 Å². The Morgan fingerprint density at radius 3 is 2.48 bits per heavy atom. The first-order valence-electron chi connectivity index (χ1n) is 15.7. The molecule has 0 bridgehead atoms. The van der Waals surface area contributed by atoms with Crippen molar-refractivity contribution in [2.45, 2.75) is 110 Å². The number of unbranched alkanes of at least 4 members (excludes halogenated alkanes) is 2. The highest BCUT2D eigenvalue weighted by atomic mass is 127. The van der Waals surface area contributed by atoms with Crippen LogP contribution in [0.15, 0.2) is 26.8 Å². The molecule has 14 nitrogen and oxygen atoms in total. The molecule has 2 aromatic rings. The Labute approximate surface area is 291 Å². The number of H-pyrrole nitrogens is 1. The molecule has 2 aliphatic heterocycles. The average Bonchev–Trinajstić information content (AvgIpc) is 3.36. The minimum absolute atomic E-state index is 0.00164. The minimum atomic E-state index is -4.32. The lowest BCUT2D eigenvalue weighted by Gasteiger charge is -2.34. The van der Waals surface area contributed by atoms with Gasteiger partial charge in [0, 0.05) is 31.1 Å². The number of fused-ring (bicyclic) bond motifs is 1. The number of phosphoric acid groups is 1. The molecule has 1 aromatic carbocycles. The summed E-state index contributed by atoms with van der Waals surface area (Å²) in [5.74, 6) is -0.903. The van der Waals surface area contributed by atoms with Crippen LogP contribution in [0, 0.1) is 9.39 Å². The monoisotopic (exact) mass is 807 g/mol. The van der Waals surface area contributed by atoms with E-state index in [-0.39, 0.29) is 40.3 Å². The maximum absolute atomic E-state index is 15.7. The lowest BCUT2D eigenvalue weighted by atomic mass is 9.78. The zero-order chi connectivity index (χ0) is 35.6. The Morgan fingerprint density at radius 1 is 1.15 bits per heavy atom. The van der Waals surface area contributed by atoms with E-state index in [1.54, 1.807) is 28.7 Å². The second-order valence-electron chi connectivity index (χ2n) is 13.9. The highest BCUT2D eigenvalue weighted by Gasteiger charge is 2.45. The highest BCUT2D eigenvalue weighted by Crippen LogP contribution is 2.58. The standard InChI is InChI=1S/C31H44FIN5O9P/c1-30(2,3)18-12-19(31(4,5)6)26-17(25(18)32)15-43-48(42,47-26)44-16-22-21(46-24(39)10-8-7-9-11-36-28(34)35)13-23(45-22)38-14-20(33)27(40)37-29(38)41/h12,14,21-23H,7-11,13,15-16H2,1-6H3,(H4,34,35,36)(H,37,40,41)/t21-,22+,23+,48?/m0/s1. The van der Waals surface area contributed by atoms with Crippen LogP contribution in [0.25, 0.3) is 0 Å². The van der Waals surface area contributed by atoms with Gasteiger partial charge in [-0.2, -0.15) is 0 Å². The molecule has 4 rings (SSSR count). The van der Waals surface area contributed by atoms with E-state index in [2.05, 4.69) is 9.98 Å². The third-order valence-corrected chi connectivity index (χ3v) is 10.0. The molecule has 48 heavy (non-hydrogen) atoms. The Balaban J connectivity index is 1.53. The summed E-state index contributed by atoms with van der Waals surface area (Å²) in [5, 5.41) is 0. The number of aromatic amines is 1.